The van der Waals surface area contributed by atoms with Gasteiger partial charge in [0.25, 0.3) is 0 Å². The molecule has 1 heterocycles. The first-order valence-corrected chi connectivity index (χ1v) is 13.1. The van der Waals surface area contributed by atoms with Crippen molar-refractivity contribution in [3.8, 4) is 5.75 Å². The molecule has 0 saturated carbocycles. The lowest BCUT2D eigenvalue weighted by atomic mass is 9.75. The van der Waals surface area contributed by atoms with Gasteiger partial charge in [0.2, 0.25) is 0 Å². The molecule has 1 N–H and O–H groups in total. The van der Waals surface area contributed by atoms with E-state index >= 15 is 0 Å². The Bertz CT molecular complexity index is 1110. The summed E-state index contributed by atoms with van der Waals surface area (Å²) in [7, 11) is 0. The highest BCUT2D eigenvalue weighted by atomic mass is 32.2. The van der Waals surface area contributed by atoms with Crippen LogP contribution in [0.4, 0.5) is 0 Å². The molecular formula is C30H34O3S. The fourth-order valence-corrected chi connectivity index (χ4v) is 6.91. The van der Waals surface area contributed by atoms with Crippen LogP contribution in [0.2, 0.25) is 0 Å². The highest BCUT2D eigenvalue weighted by molar-refractivity contribution is 8.01. The summed E-state index contributed by atoms with van der Waals surface area (Å²) < 4.78 is 13.0. The minimum absolute atomic E-state index is 0.00709. The second kappa shape index (κ2) is 9.41. The quantitative estimate of drug-likeness (QED) is 0.430. The van der Waals surface area contributed by atoms with E-state index in [0.29, 0.717) is 18.9 Å². The van der Waals surface area contributed by atoms with Crippen molar-refractivity contribution in [1.82, 2.24) is 0 Å². The van der Waals surface area contributed by atoms with Gasteiger partial charge in [-0.3, -0.25) is 0 Å². The number of benzene rings is 3. The second-order valence-electron chi connectivity index (χ2n) is 10.4. The molecule has 3 aromatic rings. The van der Waals surface area contributed by atoms with Crippen molar-refractivity contribution in [2.45, 2.75) is 68.5 Å². The number of rotatable bonds is 6. The van der Waals surface area contributed by atoms with Crippen LogP contribution in [0, 0.1) is 5.92 Å². The molecule has 3 aromatic carbocycles. The van der Waals surface area contributed by atoms with Gasteiger partial charge in [-0.25, -0.2) is 0 Å². The van der Waals surface area contributed by atoms with Crippen LogP contribution in [0.3, 0.4) is 0 Å². The van der Waals surface area contributed by atoms with Crippen molar-refractivity contribution < 1.29 is 14.6 Å². The molecule has 1 fully saturated rings. The zero-order chi connectivity index (χ0) is 23.8. The maximum atomic E-state index is 11.6. The maximum Gasteiger partial charge on any atom is 0.133 e. The van der Waals surface area contributed by atoms with Gasteiger partial charge in [0, 0.05) is 17.1 Å². The van der Waals surface area contributed by atoms with Crippen molar-refractivity contribution in [3.63, 3.8) is 0 Å². The van der Waals surface area contributed by atoms with E-state index in [1.807, 2.05) is 43.3 Å². The Morgan fingerprint density at radius 3 is 2.35 bits per heavy atom. The average Bonchev–Trinajstić information content (AvgIpc) is 2.83. The molecule has 2 aliphatic rings. The summed E-state index contributed by atoms with van der Waals surface area (Å²) in [4.78, 5) is 0. The summed E-state index contributed by atoms with van der Waals surface area (Å²) in [5.41, 5.74) is 3.46. The lowest BCUT2D eigenvalue weighted by Crippen LogP contribution is -2.52. The summed E-state index contributed by atoms with van der Waals surface area (Å²) in [6, 6.07) is 26.8. The molecule has 0 bridgehead atoms. The third kappa shape index (κ3) is 4.77. The number of fused-ring (bicyclic) bond motifs is 3. The number of aliphatic hydroxyl groups is 1. The Balaban J connectivity index is 1.41. The van der Waals surface area contributed by atoms with E-state index in [4.69, 9.17) is 9.47 Å². The third-order valence-corrected chi connectivity index (χ3v) is 9.01. The first kappa shape index (κ1) is 23.5. The molecule has 3 nitrogen and oxygen atoms in total. The van der Waals surface area contributed by atoms with Crippen molar-refractivity contribution in [1.29, 1.82) is 0 Å². The van der Waals surface area contributed by atoms with E-state index in [1.54, 1.807) is 11.8 Å². The number of thioether (sulfide) groups is 1. The fourth-order valence-electron chi connectivity index (χ4n) is 5.43. The minimum Gasteiger partial charge on any atom is -0.489 e. The first-order valence-electron chi connectivity index (χ1n) is 12.2. The molecule has 0 spiro atoms. The lowest BCUT2D eigenvalue weighted by molar-refractivity contribution is -0.117. The van der Waals surface area contributed by atoms with Crippen LogP contribution in [-0.2, 0) is 24.2 Å². The van der Waals surface area contributed by atoms with Crippen LogP contribution in [0.15, 0.2) is 78.9 Å². The van der Waals surface area contributed by atoms with Crippen molar-refractivity contribution in [2.75, 3.05) is 0 Å². The van der Waals surface area contributed by atoms with Gasteiger partial charge in [0.15, 0.2) is 0 Å². The van der Waals surface area contributed by atoms with Gasteiger partial charge >= 0.3 is 0 Å². The zero-order valence-electron chi connectivity index (χ0n) is 20.2. The van der Waals surface area contributed by atoms with Crippen LogP contribution in [-0.4, -0.2) is 20.9 Å². The molecule has 4 heteroatoms. The van der Waals surface area contributed by atoms with E-state index in [9.17, 15) is 5.11 Å². The van der Waals surface area contributed by atoms with Gasteiger partial charge in [0.1, 0.15) is 23.4 Å². The van der Waals surface area contributed by atoms with E-state index < -0.39 is 5.60 Å². The molecule has 178 valence electrons. The summed E-state index contributed by atoms with van der Waals surface area (Å²) in [6.07, 6.45) is 2.55. The van der Waals surface area contributed by atoms with E-state index in [0.717, 1.165) is 29.7 Å². The summed E-state index contributed by atoms with van der Waals surface area (Å²) in [6.45, 7) is 7.09. The minimum atomic E-state index is -0.979. The van der Waals surface area contributed by atoms with Gasteiger partial charge in [-0.2, -0.15) is 0 Å². The van der Waals surface area contributed by atoms with Crippen molar-refractivity contribution in [3.05, 3.63) is 101 Å². The normalized spacial score (nSPS) is 25.0. The highest BCUT2D eigenvalue weighted by Gasteiger charge is 2.51. The zero-order valence-corrected chi connectivity index (χ0v) is 21.1. The van der Waals surface area contributed by atoms with Gasteiger partial charge in [-0.1, -0.05) is 86.6 Å². The summed E-state index contributed by atoms with van der Waals surface area (Å²) in [5, 5.41) is 11.6. The van der Waals surface area contributed by atoms with Crippen LogP contribution in [0.1, 0.15) is 55.5 Å². The van der Waals surface area contributed by atoms with E-state index in [1.165, 1.54) is 11.1 Å². The standard InChI is InChI=1S/C30H34O3S/c1-29(2)25-18-17-23-24(15-10-16-26(23)32-20-22-13-8-5-9-14-22)27(25)33-28(34-29)30(3,31)19-21-11-6-4-7-12-21/h4-16,25,27-28,31H,17-20H2,1-3H3/t25-,27+,28+,30+/m0/s1. The SMILES string of the molecule is CC1(C)S[C@H]([C@](C)(O)Cc2ccccc2)O[C@@H]2c3cccc(OCc4ccccc4)c3CC[C@@H]21. The first-order chi connectivity index (χ1) is 16.3. The predicted molar refractivity (Wildman–Crippen MR) is 139 cm³/mol. The molecule has 1 saturated heterocycles. The van der Waals surface area contributed by atoms with Gasteiger partial charge in [-0.15, -0.1) is 11.8 Å². The Kier molecular flexibility index (Phi) is 6.49. The number of hydrogen-bond acceptors (Lipinski definition) is 4. The van der Waals surface area contributed by atoms with Gasteiger partial charge in [-0.05, 0) is 48.1 Å². The molecule has 5 rings (SSSR count). The summed E-state index contributed by atoms with van der Waals surface area (Å²) >= 11 is 1.78. The molecule has 0 amide bonds. The van der Waals surface area contributed by atoms with Crippen molar-refractivity contribution >= 4 is 11.8 Å². The lowest BCUT2D eigenvalue weighted by Gasteiger charge is -2.52. The maximum absolute atomic E-state index is 11.6. The molecular weight excluding hydrogens is 440 g/mol. The molecule has 1 aliphatic carbocycles. The predicted octanol–water partition coefficient (Wildman–Crippen LogP) is 6.73. The van der Waals surface area contributed by atoms with Crippen LogP contribution in [0.5, 0.6) is 5.75 Å². The average molecular weight is 475 g/mol. The van der Waals surface area contributed by atoms with E-state index in [-0.39, 0.29) is 16.3 Å². The molecule has 34 heavy (non-hydrogen) atoms. The highest BCUT2D eigenvalue weighted by Crippen LogP contribution is 2.56. The fraction of sp³-hybridized carbons (Fsp3) is 0.400. The smallest absolute Gasteiger partial charge is 0.133 e. The van der Waals surface area contributed by atoms with Gasteiger partial charge < -0.3 is 14.6 Å². The Morgan fingerprint density at radius 2 is 1.65 bits per heavy atom. The largest absolute Gasteiger partial charge is 0.489 e. The van der Waals surface area contributed by atoms with E-state index in [2.05, 4.69) is 56.3 Å². The molecule has 0 radical (unpaired) electrons. The molecule has 4 atom stereocenters. The van der Waals surface area contributed by atoms with Crippen molar-refractivity contribution in [2.24, 2.45) is 5.92 Å². The van der Waals surface area contributed by atoms with Crippen LogP contribution >= 0.6 is 11.8 Å². The molecule has 0 aromatic heterocycles. The number of hydrogen-bond donors (Lipinski definition) is 1. The number of ether oxygens (including phenoxy) is 2. The second-order valence-corrected chi connectivity index (χ2v) is 12.1. The third-order valence-electron chi connectivity index (χ3n) is 7.27. The summed E-state index contributed by atoms with van der Waals surface area (Å²) in [5.74, 6) is 1.34. The van der Waals surface area contributed by atoms with Crippen LogP contribution in [0.25, 0.3) is 0 Å². The Labute approximate surface area is 207 Å². The Hall–Kier alpha value is -2.27. The van der Waals surface area contributed by atoms with Gasteiger partial charge in [0.05, 0.1) is 6.10 Å². The van der Waals surface area contributed by atoms with Crippen LogP contribution < -0.4 is 4.74 Å². The Morgan fingerprint density at radius 1 is 0.971 bits per heavy atom. The molecule has 1 aliphatic heterocycles. The molecule has 0 unspecified atom stereocenters. The topological polar surface area (TPSA) is 38.7 Å². The monoisotopic (exact) mass is 474 g/mol.